The number of amides is 1. The standard InChI is InChI=1S/C16H19N5OS/c1-12-9-17-15-8-14(18-11-21(12)15)19-3-5-20(6-4-19)16(22)13-2-7-23-10-13/h2,7-8,10-12H,3-6,9H2,1H3. The van der Waals surface area contributed by atoms with Gasteiger partial charge in [-0.25, -0.2) is 4.99 Å². The van der Waals surface area contributed by atoms with Gasteiger partial charge in [0.15, 0.2) is 0 Å². The third kappa shape index (κ3) is 2.65. The molecule has 0 radical (unpaired) electrons. The number of carbonyl (C=O) groups is 1. The zero-order valence-electron chi connectivity index (χ0n) is 13.1. The van der Waals surface area contributed by atoms with Gasteiger partial charge in [0, 0.05) is 37.6 Å². The number of rotatable bonds is 2. The second-order valence-electron chi connectivity index (χ2n) is 5.99. The quantitative estimate of drug-likeness (QED) is 0.826. The van der Waals surface area contributed by atoms with Crippen molar-refractivity contribution in [2.75, 3.05) is 32.7 Å². The highest BCUT2D eigenvalue weighted by molar-refractivity contribution is 7.08. The van der Waals surface area contributed by atoms with Gasteiger partial charge in [-0.05, 0) is 18.4 Å². The predicted molar refractivity (Wildman–Crippen MR) is 92.0 cm³/mol. The monoisotopic (exact) mass is 329 g/mol. The number of fused-ring (bicyclic) bond motifs is 1. The molecule has 120 valence electrons. The van der Waals surface area contributed by atoms with Crippen LogP contribution in [0.2, 0.25) is 0 Å². The maximum atomic E-state index is 12.4. The fourth-order valence-corrected chi connectivity index (χ4v) is 3.70. The lowest BCUT2D eigenvalue weighted by molar-refractivity contribution is 0.0669. The molecule has 1 atom stereocenters. The number of thiophene rings is 1. The van der Waals surface area contributed by atoms with Gasteiger partial charge in [0.25, 0.3) is 5.91 Å². The highest BCUT2D eigenvalue weighted by Crippen LogP contribution is 2.20. The van der Waals surface area contributed by atoms with E-state index in [0.29, 0.717) is 6.04 Å². The molecule has 0 N–H and O–H groups in total. The molecule has 6 nitrogen and oxygen atoms in total. The minimum atomic E-state index is 0.132. The van der Waals surface area contributed by atoms with Crippen LogP contribution in [0.3, 0.4) is 0 Å². The summed E-state index contributed by atoms with van der Waals surface area (Å²) in [6.07, 6.45) is 3.94. The molecule has 0 aliphatic carbocycles. The lowest BCUT2D eigenvalue weighted by Crippen LogP contribution is -2.48. The van der Waals surface area contributed by atoms with Crippen LogP contribution in [0.1, 0.15) is 17.3 Å². The van der Waals surface area contributed by atoms with E-state index in [1.165, 1.54) is 0 Å². The Kier molecular flexibility index (Phi) is 3.65. The fourth-order valence-electron chi connectivity index (χ4n) is 3.07. The van der Waals surface area contributed by atoms with E-state index in [9.17, 15) is 4.79 Å². The van der Waals surface area contributed by atoms with Crippen LogP contribution in [0.5, 0.6) is 0 Å². The number of nitrogens with zero attached hydrogens (tertiary/aromatic N) is 5. The Bertz CT molecular complexity index is 685. The van der Waals surface area contributed by atoms with E-state index in [-0.39, 0.29) is 5.91 Å². The average Bonchev–Trinajstić information content (AvgIpc) is 3.24. The van der Waals surface area contributed by atoms with Crippen LogP contribution in [0.4, 0.5) is 0 Å². The van der Waals surface area contributed by atoms with Crippen LogP contribution in [-0.4, -0.2) is 71.5 Å². The Morgan fingerprint density at radius 3 is 2.87 bits per heavy atom. The summed E-state index contributed by atoms with van der Waals surface area (Å²) in [4.78, 5) is 27.8. The molecule has 7 heteroatoms. The van der Waals surface area contributed by atoms with Crippen molar-refractivity contribution in [3.05, 3.63) is 34.3 Å². The zero-order chi connectivity index (χ0) is 15.8. The van der Waals surface area contributed by atoms with Crippen molar-refractivity contribution in [1.29, 1.82) is 0 Å². The highest BCUT2D eigenvalue weighted by Gasteiger charge is 2.28. The summed E-state index contributed by atoms with van der Waals surface area (Å²) < 4.78 is 0. The van der Waals surface area contributed by atoms with E-state index < -0.39 is 0 Å². The number of hydrogen-bond donors (Lipinski definition) is 0. The Hall–Kier alpha value is -2.15. The minimum absolute atomic E-state index is 0.132. The highest BCUT2D eigenvalue weighted by atomic mass is 32.1. The van der Waals surface area contributed by atoms with Gasteiger partial charge in [0.2, 0.25) is 0 Å². The average molecular weight is 329 g/mol. The smallest absolute Gasteiger partial charge is 0.254 e. The fraction of sp³-hybridized carbons (Fsp3) is 0.438. The molecule has 4 rings (SSSR count). The molecule has 0 saturated carbocycles. The van der Waals surface area contributed by atoms with E-state index in [2.05, 4.69) is 32.8 Å². The SMILES string of the molecule is CC1CN=C2C=C(N3CCN(C(=O)c4ccsc4)CC3)N=CN21. The largest absolute Gasteiger partial charge is 0.353 e. The number of hydrogen-bond acceptors (Lipinski definition) is 6. The third-order valence-corrected chi connectivity index (χ3v) is 5.17. The van der Waals surface area contributed by atoms with Crippen LogP contribution in [0.15, 0.2) is 38.7 Å². The van der Waals surface area contributed by atoms with Gasteiger partial charge in [-0.2, -0.15) is 11.3 Å². The molecular weight excluding hydrogens is 310 g/mol. The van der Waals surface area contributed by atoms with Crippen LogP contribution >= 0.6 is 11.3 Å². The van der Waals surface area contributed by atoms with E-state index in [1.54, 1.807) is 11.3 Å². The molecule has 3 aliphatic heterocycles. The number of aliphatic imine (C=N–C) groups is 2. The lowest BCUT2D eigenvalue weighted by Gasteiger charge is -2.37. The summed E-state index contributed by atoms with van der Waals surface area (Å²) in [6, 6.07) is 2.29. The molecule has 1 amide bonds. The summed E-state index contributed by atoms with van der Waals surface area (Å²) in [7, 11) is 0. The van der Waals surface area contributed by atoms with Crippen molar-refractivity contribution >= 4 is 29.4 Å². The van der Waals surface area contributed by atoms with E-state index in [0.717, 1.165) is 49.9 Å². The van der Waals surface area contributed by atoms with E-state index >= 15 is 0 Å². The van der Waals surface area contributed by atoms with Gasteiger partial charge < -0.3 is 14.7 Å². The molecule has 0 aromatic carbocycles. The second kappa shape index (κ2) is 5.81. The van der Waals surface area contributed by atoms with Gasteiger partial charge in [0.05, 0.1) is 24.5 Å². The molecule has 0 bridgehead atoms. The van der Waals surface area contributed by atoms with E-state index in [1.807, 2.05) is 28.1 Å². The van der Waals surface area contributed by atoms with Crippen LogP contribution in [0, 0.1) is 0 Å². The summed E-state index contributed by atoms with van der Waals surface area (Å²) in [6.45, 7) is 6.05. The van der Waals surface area contributed by atoms with Crippen LogP contribution in [-0.2, 0) is 0 Å². The molecule has 3 aliphatic rings. The van der Waals surface area contributed by atoms with Gasteiger partial charge in [-0.15, -0.1) is 0 Å². The van der Waals surface area contributed by atoms with Gasteiger partial charge in [-0.1, -0.05) is 0 Å². The first-order valence-electron chi connectivity index (χ1n) is 7.87. The van der Waals surface area contributed by atoms with Crippen molar-refractivity contribution in [1.82, 2.24) is 14.7 Å². The van der Waals surface area contributed by atoms with Gasteiger partial charge in [-0.3, -0.25) is 9.79 Å². The third-order valence-electron chi connectivity index (χ3n) is 4.49. The summed E-state index contributed by atoms with van der Waals surface area (Å²) in [5.41, 5.74) is 0.795. The normalized spacial score (nSPS) is 23.7. The maximum Gasteiger partial charge on any atom is 0.254 e. The second-order valence-corrected chi connectivity index (χ2v) is 6.77. The Morgan fingerprint density at radius 1 is 1.30 bits per heavy atom. The first kappa shape index (κ1) is 14.4. The number of amidine groups is 1. The van der Waals surface area contributed by atoms with Crippen molar-refractivity contribution in [2.45, 2.75) is 13.0 Å². The predicted octanol–water partition coefficient (Wildman–Crippen LogP) is 1.49. The molecule has 1 fully saturated rings. The molecular formula is C16H19N5OS. The van der Waals surface area contributed by atoms with Crippen LogP contribution in [0.25, 0.3) is 0 Å². The van der Waals surface area contributed by atoms with E-state index in [4.69, 9.17) is 0 Å². The van der Waals surface area contributed by atoms with Crippen LogP contribution < -0.4 is 0 Å². The van der Waals surface area contributed by atoms with Crippen molar-refractivity contribution in [2.24, 2.45) is 9.98 Å². The topological polar surface area (TPSA) is 51.5 Å². The maximum absolute atomic E-state index is 12.4. The Balaban J connectivity index is 1.40. The number of piperazine rings is 1. The summed E-state index contributed by atoms with van der Waals surface area (Å²) in [5.74, 6) is 2.09. The molecule has 1 aromatic heterocycles. The van der Waals surface area contributed by atoms with Gasteiger partial charge in [0.1, 0.15) is 11.7 Å². The lowest BCUT2D eigenvalue weighted by atomic mass is 10.2. The molecule has 0 spiro atoms. The van der Waals surface area contributed by atoms with Crippen molar-refractivity contribution in [3.8, 4) is 0 Å². The first-order valence-corrected chi connectivity index (χ1v) is 8.82. The molecule has 23 heavy (non-hydrogen) atoms. The Labute approximate surface area is 139 Å². The zero-order valence-corrected chi connectivity index (χ0v) is 13.9. The molecule has 1 saturated heterocycles. The Morgan fingerprint density at radius 2 is 2.13 bits per heavy atom. The molecule has 4 heterocycles. The first-order chi connectivity index (χ1) is 11.2. The molecule has 1 unspecified atom stereocenters. The summed E-state index contributed by atoms with van der Waals surface area (Å²) >= 11 is 1.56. The summed E-state index contributed by atoms with van der Waals surface area (Å²) in [5, 5.41) is 3.86. The number of carbonyl (C=O) groups excluding carboxylic acids is 1. The van der Waals surface area contributed by atoms with Crippen molar-refractivity contribution < 1.29 is 4.79 Å². The molecule has 1 aromatic rings. The van der Waals surface area contributed by atoms with Crippen molar-refractivity contribution in [3.63, 3.8) is 0 Å². The van der Waals surface area contributed by atoms with Gasteiger partial charge >= 0.3 is 0 Å². The minimum Gasteiger partial charge on any atom is -0.353 e.